The maximum atomic E-state index is 13.2. The van der Waals surface area contributed by atoms with E-state index in [1.807, 2.05) is 0 Å². The van der Waals surface area contributed by atoms with Crippen LogP contribution in [-0.4, -0.2) is 30.0 Å². The zero-order valence-electron chi connectivity index (χ0n) is 8.64. The summed E-state index contributed by atoms with van der Waals surface area (Å²) in [5.41, 5.74) is -0.741. The third-order valence-corrected chi connectivity index (χ3v) is 3.86. The van der Waals surface area contributed by atoms with Gasteiger partial charge < -0.3 is 0 Å². The van der Waals surface area contributed by atoms with Crippen LogP contribution >= 0.6 is 0 Å². The maximum absolute atomic E-state index is 13.2. The van der Waals surface area contributed by atoms with Crippen molar-refractivity contribution in [3.05, 3.63) is 0 Å². The molecule has 1 saturated heterocycles. The standard InChI is InChI=1S/C11H19F2N/c12-10(13)11(6-2-1-3-7-11)14-8-4-5-9-14/h10H,1-9H2. The van der Waals surface area contributed by atoms with Gasteiger partial charge in [-0.05, 0) is 38.8 Å². The van der Waals surface area contributed by atoms with E-state index in [1.54, 1.807) is 0 Å². The molecule has 0 amide bonds. The molecule has 1 saturated carbocycles. The van der Waals surface area contributed by atoms with Crippen molar-refractivity contribution in [3.8, 4) is 0 Å². The number of nitrogens with zero attached hydrogens (tertiary/aromatic N) is 1. The van der Waals surface area contributed by atoms with Gasteiger partial charge in [-0.3, -0.25) is 4.90 Å². The first-order valence-electron chi connectivity index (χ1n) is 5.79. The minimum atomic E-state index is -2.15. The van der Waals surface area contributed by atoms with Crippen LogP contribution < -0.4 is 0 Å². The van der Waals surface area contributed by atoms with Gasteiger partial charge >= 0.3 is 0 Å². The first kappa shape index (κ1) is 10.3. The van der Waals surface area contributed by atoms with Crippen molar-refractivity contribution in [2.75, 3.05) is 13.1 Å². The molecule has 1 aliphatic heterocycles. The van der Waals surface area contributed by atoms with Gasteiger partial charge in [0.25, 0.3) is 6.43 Å². The van der Waals surface area contributed by atoms with Crippen molar-refractivity contribution < 1.29 is 8.78 Å². The molecule has 1 heterocycles. The Bertz CT molecular complexity index is 182. The molecule has 0 radical (unpaired) electrons. The van der Waals surface area contributed by atoms with E-state index in [9.17, 15) is 8.78 Å². The summed E-state index contributed by atoms with van der Waals surface area (Å²) in [6.45, 7) is 1.79. The Balaban J connectivity index is 2.11. The van der Waals surface area contributed by atoms with Crippen LogP contribution in [0.25, 0.3) is 0 Å². The average molecular weight is 203 g/mol. The monoisotopic (exact) mass is 203 g/mol. The summed E-state index contributed by atoms with van der Waals surface area (Å²) >= 11 is 0. The fourth-order valence-corrected chi connectivity index (χ4v) is 3.00. The molecule has 0 unspecified atom stereocenters. The zero-order valence-corrected chi connectivity index (χ0v) is 8.64. The van der Waals surface area contributed by atoms with Crippen molar-refractivity contribution in [1.29, 1.82) is 0 Å². The highest BCUT2D eigenvalue weighted by Crippen LogP contribution is 2.40. The quantitative estimate of drug-likeness (QED) is 0.666. The van der Waals surface area contributed by atoms with Gasteiger partial charge in [-0.25, -0.2) is 8.78 Å². The molecule has 0 aromatic rings. The van der Waals surface area contributed by atoms with Gasteiger partial charge in [0, 0.05) is 0 Å². The van der Waals surface area contributed by atoms with Gasteiger partial charge in [-0.2, -0.15) is 0 Å². The molecule has 2 aliphatic rings. The van der Waals surface area contributed by atoms with Gasteiger partial charge in [0.15, 0.2) is 0 Å². The normalized spacial score (nSPS) is 28.5. The summed E-state index contributed by atoms with van der Waals surface area (Å²) in [4.78, 5) is 2.07. The van der Waals surface area contributed by atoms with Crippen LogP contribution in [0.3, 0.4) is 0 Å². The van der Waals surface area contributed by atoms with E-state index in [-0.39, 0.29) is 0 Å². The topological polar surface area (TPSA) is 3.24 Å². The molecule has 0 bridgehead atoms. The minimum Gasteiger partial charge on any atom is -0.292 e. The summed E-state index contributed by atoms with van der Waals surface area (Å²) in [5, 5.41) is 0. The molecular formula is C11H19F2N. The van der Waals surface area contributed by atoms with E-state index >= 15 is 0 Å². The SMILES string of the molecule is FC(F)C1(N2CCCC2)CCCCC1. The van der Waals surface area contributed by atoms with E-state index in [0.29, 0.717) is 12.8 Å². The Kier molecular flexibility index (Phi) is 3.05. The molecular weight excluding hydrogens is 184 g/mol. The molecule has 0 spiro atoms. The summed E-state index contributed by atoms with van der Waals surface area (Å²) < 4.78 is 26.4. The van der Waals surface area contributed by atoms with Crippen molar-refractivity contribution >= 4 is 0 Å². The molecule has 14 heavy (non-hydrogen) atoms. The van der Waals surface area contributed by atoms with Crippen LogP contribution in [0.15, 0.2) is 0 Å². The molecule has 0 aromatic carbocycles. The number of hydrogen-bond donors (Lipinski definition) is 0. The van der Waals surface area contributed by atoms with Gasteiger partial charge in [-0.15, -0.1) is 0 Å². The smallest absolute Gasteiger partial charge is 0.256 e. The van der Waals surface area contributed by atoms with Gasteiger partial charge in [-0.1, -0.05) is 19.3 Å². The Labute approximate surface area is 84.5 Å². The predicted octanol–water partition coefficient (Wildman–Crippen LogP) is 3.05. The van der Waals surface area contributed by atoms with Crippen LogP contribution in [0.1, 0.15) is 44.9 Å². The fraction of sp³-hybridized carbons (Fsp3) is 1.00. The summed E-state index contributed by atoms with van der Waals surface area (Å²) in [7, 11) is 0. The lowest BCUT2D eigenvalue weighted by molar-refractivity contribution is -0.0663. The van der Waals surface area contributed by atoms with Crippen molar-refractivity contribution in [1.82, 2.24) is 4.90 Å². The van der Waals surface area contributed by atoms with Crippen LogP contribution in [0.5, 0.6) is 0 Å². The van der Waals surface area contributed by atoms with Crippen LogP contribution in [0.4, 0.5) is 8.78 Å². The second-order valence-electron chi connectivity index (χ2n) is 4.66. The highest BCUT2D eigenvalue weighted by molar-refractivity contribution is 4.96. The molecule has 82 valence electrons. The minimum absolute atomic E-state index is 0.713. The lowest BCUT2D eigenvalue weighted by Crippen LogP contribution is -2.53. The number of rotatable bonds is 2. The van der Waals surface area contributed by atoms with Crippen LogP contribution in [0.2, 0.25) is 0 Å². The first-order valence-corrected chi connectivity index (χ1v) is 5.79. The van der Waals surface area contributed by atoms with Gasteiger partial charge in [0.1, 0.15) is 0 Å². The van der Waals surface area contributed by atoms with E-state index in [4.69, 9.17) is 0 Å². The highest BCUT2D eigenvalue weighted by Gasteiger charge is 2.46. The third-order valence-electron chi connectivity index (χ3n) is 3.86. The summed E-state index contributed by atoms with van der Waals surface area (Å²) in [6.07, 6.45) is 4.60. The molecule has 1 aliphatic carbocycles. The molecule has 0 N–H and O–H groups in total. The number of alkyl halides is 2. The van der Waals surface area contributed by atoms with Crippen molar-refractivity contribution in [2.24, 2.45) is 0 Å². The Morgan fingerprint density at radius 2 is 1.43 bits per heavy atom. The van der Waals surface area contributed by atoms with E-state index < -0.39 is 12.0 Å². The second-order valence-corrected chi connectivity index (χ2v) is 4.66. The average Bonchev–Trinajstić information content (AvgIpc) is 2.72. The largest absolute Gasteiger partial charge is 0.292 e. The summed E-state index contributed by atoms with van der Waals surface area (Å²) in [6, 6.07) is 0. The molecule has 2 fully saturated rings. The van der Waals surface area contributed by atoms with E-state index in [0.717, 1.165) is 45.2 Å². The first-order chi connectivity index (χ1) is 6.76. The fourth-order valence-electron chi connectivity index (χ4n) is 3.00. The van der Waals surface area contributed by atoms with Crippen molar-refractivity contribution in [3.63, 3.8) is 0 Å². The molecule has 1 nitrogen and oxygen atoms in total. The Morgan fingerprint density at radius 3 is 1.93 bits per heavy atom. The molecule has 0 aromatic heterocycles. The van der Waals surface area contributed by atoms with E-state index in [2.05, 4.69) is 4.90 Å². The van der Waals surface area contributed by atoms with E-state index in [1.165, 1.54) is 0 Å². The third kappa shape index (κ3) is 1.67. The second kappa shape index (κ2) is 4.13. The lowest BCUT2D eigenvalue weighted by atomic mass is 9.80. The Morgan fingerprint density at radius 1 is 0.857 bits per heavy atom. The van der Waals surface area contributed by atoms with Crippen molar-refractivity contribution in [2.45, 2.75) is 56.9 Å². The van der Waals surface area contributed by atoms with Crippen LogP contribution in [0, 0.1) is 0 Å². The Hall–Kier alpha value is -0.180. The van der Waals surface area contributed by atoms with Gasteiger partial charge in [0.2, 0.25) is 0 Å². The maximum Gasteiger partial charge on any atom is 0.256 e. The van der Waals surface area contributed by atoms with Gasteiger partial charge in [0.05, 0.1) is 5.54 Å². The molecule has 0 atom stereocenters. The number of halogens is 2. The molecule has 2 rings (SSSR count). The highest BCUT2D eigenvalue weighted by atomic mass is 19.3. The summed E-state index contributed by atoms with van der Waals surface area (Å²) in [5.74, 6) is 0. The van der Waals surface area contributed by atoms with Crippen LogP contribution in [-0.2, 0) is 0 Å². The number of hydrogen-bond acceptors (Lipinski definition) is 1. The molecule has 3 heteroatoms. The zero-order chi connectivity index (χ0) is 10.0. The lowest BCUT2D eigenvalue weighted by Gasteiger charge is -2.44. The number of likely N-dealkylation sites (tertiary alicyclic amines) is 1. The predicted molar refractivity (Wildman–Crippen MR) is 52.6 cm³/mol.